The van der Waals surface area contributed by atoms with Gasteiger partial charge in [-0.05, 0) is 70.6 Å². The molecule has 0 saturated heterocycles. The van der Waals surface area contributed by atoms with Crippen LogP contribution in [0.4, 0.5) is 0 Å². The molecule has 0 bridgehead atoms. The third-order valence-corrected chi connectivity index (χ3v) is 18.9. The summed E-state index contributed by atoms with van der Waals surface area (Å²) in [6.07, 6.45) is 98.5. The molecule has 0 aromatic carbocycles. The maximum absolute atomic E-state index is 13.1. The molecule has 0 fully saturated rings. The summed E-state index contributed by atoms with van der Waals surface area (Å²) in [4.78, 5) is 23.5. The lowest BCUT2D eigenvalue weighted by atomic mass is 10.0. The molecule has 524 valence electrons. The van der Waals surface area contributed by atoms with Gasteiger partial charge in [0.1, 0.15) is 13.2 Å². The molecule has 0 radical (unpaired) electrons. The number of unbranched alkanes of at least 4 members (excludes halogenated alkanes) is 52. The molecule has 0 aliphatic heterocycles. The fourth-order valence-electron chi connectivity index (χ4n) is 11.9. The lowest BCUT2D eigenvalue weighted by Crippen LogP contribution is -2.45. The van der Waals surface area contributed by atoms with E-state index in [0.29, 0.717) is 17.4 Å². The molecule has 1 amide bonds. The van der Waals surface area contributed by atoms with Gasteiger partial charge in [-0.3, -0.25) is 13.8 Å². The number of aliphatic hydroxyl groups is 1. The van der Waals surface area contributed by atoms with Gasteiger partial charge >= 0.3 is 7.82 Å². The van der Waals surface area contributed by atoms with E-state index in [2.05, 4.69) is 67.8 Å². The monoisotopic (exact) mass is 1270 g/mol. The zero-order valence-electron chi connectivity index (χ0n) is 60.2. The number of allylic oxidation sites excluding steroid dienone is 9. The molecule has 0 spiro atoms. The Morgan fingerprint density at radius 2 is 0.652 bits per heavy atom. The van der Waals surface area contributed by atoms with Crippen molar-refractivity contribution in [1.29, 1.82) is 0 Å². The largest absolute Gasteiger partial charge is 0.472 e. The number of aliphatic hydroxyl groups excluding tert-OH is 1. The van der Waals surface area contributed by atoms with Gasteiger partial charge in [-0.1, -0.05) is 376 Å². The zero-order valence-corrected chi connectivity index (χ0v) is 61.1. The molecule has 9 heteroatoms. The van der Waals surface area contributed by atoms with E-state index in [0.717, 1.165) is 51.4 Å². The van der Waals surface area contributed by atoms with Crippen LogP contribution in [0.25, 0.3) is 0 Å². The lowest BCUT2D eigenvalue weighted by Gasteiger charge is -2.25. The molecule has 0 aromatic rings. The number of likely N-dealkylation sites (N-methyl/N-ethyl adjacent to an activating group) is 1. The van der Waals surface area contributed by atoms with Crippen LogP contribution < -0.4 is 5.32 Å². The minimum atomic E-state index is -4.36. The molecular formula is C80H154N2O6P+. The molecule has 0 saturated carbocycles. The number of rotatable bonds is 73. The van der Waals surface area contributed by atoms with Crippen molar-refractivity contribution >= 4 is 13.7 Å². The van der Waals surface area contributed by atoms with Crippen molar-refractivity contribution in [2.75, 3.05) is 40.9 Å². The summed E-state index contributed by atoms with van der Waals surface area (Å²) in [5, 5.41) is 14.0. The van der Waals surface area contributed by atoms with Crippen LogP contribution in [0.2, 0.25) is 0 Å². The van der Waals surface area contributed by atoms with Crippen molar-refractivity contribution < 1.29 is 32.9 Å². The number of nitrogens with one attached hydrogen (secondary N) is 1. The molecule has 3 unspecified atom stereocenters. The van der Waals surface area contributed by atoms with Crippen molar-refractivity contribution in [3.63, 3.8) is 0 Å². The van der Waals surface area contributed by atoms with E-state index >= 15 is 0 Å². The number of carbonyl (C=O) groups is 1. The highest BCUT2D eigenvalue weighted by atomic mass is 31.2. The first-order valence-corrected chi connectivity index (χ1v) is 40.7. The second-order valence-corrected chi connectivity index (χ2v) is 29.5. The normalized spacial score (nSPS) is 13.8. The summed E-state index contributed by atoms with van der Waals surface area (Å²) in [5.74, 6) is -0.179. The van der Waals surface area contributed by atoms with Gasteiger partial charge in [-0.25, -0.2) is 4.57 Å². The maximum atomic E-state index is 13.1. The number of phosphoric acid groups is 1. The van der Waals surface area contributed by atoms with E-state index in [9.17, 15) is 19.4 Å². The summed E-state index contributed by atoms with van der Waals surface area (Å²) >= 11 is 0. The van der Waals surface area contributed by atoms with E-state index in [4.69, 9.17) is 9.05 Å². The van der Waals surface area contributed by atoms with Crippen molar-refractivity contribution in [3.05, 3.63) is 60.8 Å². The number of nitrogens with zero attached hydrogens (tertiary/aromatic N) is 1. The van der Waals surface area contributed by atoms with Crippen LogP contribution in [-0.2, 0) is 18.4 Å². The van der Waals surface area contributed by atoms with Gasteiger partial charge in [0.05, 0.1) is 39.9 Å². The molecule has 89 heavy (non-hydrogen) atoms. The molecule has 3 atom stereocenters. The molecule has 0 aliphatic rings. The van der Waals surface area contributed by atoms with Gasteiger partial charge in [0.15, 0.2) is 0 Å². The fourth-order valence-corrected chi connectivity index (χ4v) is 12.6. The summed E-state index contributed by atoms with van der Waals surface area (Å²) in [7, 11) is 1.57. The van der Waals surface area contributed by atoms with Crippen LogP contribution in [0.1, 0.15) is 393 Å². The molecule has 0 aliphatic carbocycles. The number of phosphoric ester groups is 1. The van der Waals surface area contributed by atoms with Gasteiger partial charge in [-0.15, -0.1) is 0 Å². The summed E-state index contributed by atoms with van der Waals surface area (Å²) in [6.45, 7) is 4.84. The maximum Gasteiger partial charge on any atom is 0.472 e. The predicted octanol–water partition coefficient (Wildman–Crippen LogP) is 25.5. The number of carbonyl (C=O) groups excluding carboxylic acids is 1. The number of hydrogen-bond acceptors (Lipinski definition) is 5. The minimum absolute atomic E-state index is 0.0573. The third-order valence-electron chi connectivity index (χ3n) is 18.0. The Bertz CT molecular complexity index is 1640. The van der Waals surface area contributed by atoms with Crippen molar-refractivity contribution in [2.24, 2.45) is 0 Å². The predicted molar refractivity (Wildman–Crippen MR) is 392 cm³/mol. The second kappa shape index (κ2) is 70.5. The molecule has 0 rings (SSSR count). The average molecular weight is 1270 g/mol. The van der Waals surface area contributed by atoms with Gasteiger partial charge in [0.2, 0.25) is 5.91 Å². The zero-order chi connectivity index (χ0) is 64.8. The van der Waals surface area contributed by atoms with Crippen molar-refractivity contribution in [1.82, 2.24) is 5.32 Å². The quantitative estimate of drug-likeness (QED) is 0.0243. The highest BCUT2D eigenvalue weighted by Crippen LogP contribution is 2.43. The SMILES string of the molecule is CCCCCCC/C=C\C/C=C\C/C=C\CCCCCCCCCCCCCCCCCCCCCCCCCCCCC(=O)NC(COP(=O)(O)OCC[N+](C)(C)C)C(O)/C=C/CC/C=C/CCCCCCCCCCCCCCCCCCCCCC. The van der Waals surface area contributed by atoms with E-state index in [1.54, 1.807) is 6.08 Å². The number of hydrogen-bond donors (Lipinski definition) is 3. The highest BCUT2D eigenvalue weighted by molar-refractivity contribution is 7.47. The Morgan fingerprint density at radius 3 is 0.978 bits per heavy atom. The highest BCUT2D eigenvalue weighted by Gasteiger charge is 2.28. The smallest absolute Gasteiger partial charge is 0.387 e. The molecular weight excluding hydrogens is 1120 g/mol. The van der Waals surface area contributed by atoms with E-state index < -0.39 is 20.0 Å². The first-order valence-electron chi connectivity index (χ1n) is 39.2. The van der Waals surface area contributed by atoms with Crippen LogP contribution in [0, 0.1) is 0 Å². The van der Waals surface area contributed by atoms with Gasteiger partial charge < -0.3 is 19.8 Å². The molecule has 8 nitrogen and oxygen atoms in total. The Labute approximate surface area is 555 Å². The van der Waals surface area contributed by atoms with Crippen LogP contribution in [0.15, 0.2) is 60.8 Å². The Balaban J connectivity index is 3.95. The van der Waals surface area contributed by atoms with E-state index in [-0.39, 0.29) is 19.1 Å². The van der Waals surface area contributed by atoms with E-state index in [1.807, 2.05) is 27.2 Å². The number of amides is 1. The molecule has 3 N–H and O–H groups in total. The average Bonchev–Trinajstić information content (AvgIpc) is 3.61. The first-order chi connectivity index (χ1) is 43.5. The van der Waals surface area contributed by atoms with Gasteiger partial charge in [-0.2, -0.15) is 0 Å². The lowest BCUT2D eigenvalue weighted by molar-refractivity contribution is -0.870. The standard InChI is InChI=1S/C80H153N2O6P/c1-6-8-10-12-14-16-18-20-22-24-26-28-30-32-34-35-36-37-38-39-40-41-42-43-44-45-46-47-48-50-52-54-56-58-60-62-64-66-68-70-72-74-80(84)81-78(77-88-89(85,86)87-76-75-82(3,4)5)79(83)73-71-69-67-65-63-61-59-57-55-53-51-49-33-31-29-27-25-23-21-19-17-15-13-11-9-7-2/h18,20,24,26,30,32,63,65,71,73,78-79,83H,6-17,19,21-23,25,27-29,31,33-62,64,66-70,72,74-77H2,1-5H3,(H-,81,84,85,86)/p+1/b20-18-,26-24-,32-30-,65-63+,73-71+. The van der Waals surface area contributed by atoms with Crippen LogP contribution in [0.5, 0.6) is 0 Å². The summed E-state index contributed by atoms with van der Waals surface area (Å²) < 4.78 is 23.8. The molecule has 0 aromatic heterocycles. The van der Waals surface area contributed by atoms with Gasteiger partial charge in [0, 0.05) is 6.42 Å². The third kappa shape index (κ3) is 73.5. The van der Waals surface area contributed by atoms with Gasteiger partial charge in [0.25, 0.3) is 0 Å². The Kier molecular flexibility index (Phi) is 69.1. The molecule has 0 heterocycles. The minimum Gasteiger partial charge on any atom is -0.387 e. The van der Waals surface area contributed by atoms with Crippen molar-refractivity contribution in [2.45, 2.75) is 405 Å². The van der Waals surface area contributed by atoms with Crippen LogP contribution >= 0.6 is 7.82 Å². The fraction of sp³-hybridized carbons (Fsp3) is 0.863. The summed E-state index contributed by atoms with van der Waals surface area (Å²) in [5.41, 5.74) is 0. The first kappa shape index (κ1) is 87.2. The summed E-state index contributed by atoms with van der Waals surface area (Å²) in [6, 6.07) is -0.865. The van der Waals surface area contributed by atoms with Crippen LogP contribution in [0.3, 0.4) is 0 Å². The Hall–Kier alpha value is -1.80. The Morgan fingerprint density at radius 1 is 0.382 bits per heavy atom. The van der Waals surface area contributed by atoms with E-state index in [1.165, 1.54) is 321 Å². The van der Waals surface area contributed by atoms with Crippen molar-refractivity contribution in [3.8, 4) is 0 Å². The number of quaternary nitrogens is 1. The van der Waals surface area contributed by atoms with Crippen LogP contribution in [-0.4, -0.2) is 73.4 Å². The topological polar surface area (TPSA) is 105 Å². The second-order valence-electron chi connectivity index (χ2n) is 28.1.